The van der Waals surface area contributed by atoms with Gasteiger partial charge in [0, 0.05) is 13.2 Å². The van der Waals surface area contributed by atoms with Gasteiger partial charge in [0.1, 0.15) is 5.60 Å². The first kappa shape index (κ1) is 17.2. The van der Waals surface area contributed by atoms with Crippen molar-refractivity contribution >= 4 is 6.09 Å². The van der Waals surface area contributed by atoms with Crippen LogP contribution in [0.15, 0.2) is 18.3 Å². The van der Waals surface area contributed by atoms with Gasteiger partial charge in [-0.2, -0.15) is 13.2 Å². The molecule has 1 amide bonds. The fourth-order valence-corrected chi connectivity index (χ4v) is 1.29. The molecular weight excluding hydrogens is 287 g/mol. The third-order valence-corrected chi connectivity index (χ3v) is 2.32. The Kier molecular flexibility index (Phi) is 5.16. The minimum absolute atomic E-state index is 0.105. The van der Waals surface area contributed by atoms with E-state index in [1.165, 1.54) is 13.1 Å². The van der Waals surface area contributed by atoms with Crippen molar-refractivity contribution in [3.8, 4) is 0 Å². The predicted molar refractivity (Wildman–Crippen MR) is 70.1 cm³/mol. The molecule has 1 aromatic rings. The Hall–Kier alpha value is -1.83. The van der Waals surface area contributed by atoms with Gasteiger partial charge < -0.3 is 4.74 Å². The average molecular weight is 305 g/mol. The first-order valence-electron chi connectivity index (χ1n) is 6.21. The molecular formula is C13H18F3N3O2. The number of pyridine rings is 1. The normalized spacial score (nSPS) is 12.1. The standard InChI is InChI=1S/C13H18F3N3O2/c1-12(2,3)21-11(20)19(4)18-8-10-6-5-9(7-17-10)13(14,15)16/h5-7,18H,8H2,1-4H3. The Morgan fingerprint density at radius 2 is 1.95 bits per heavy atom. The van der Waals surface area contributed by atoms with Crippen LogP contribution in [0.2, 0.25) is 0 Å². The molecule has 0 aliphatic heterocycles. The third-order valence-electron chi connectivity index (χ3n) is 2.32. The van der Waals surface area contributed by atoms with Crippen LogP contribution in [0.3, 0.4) is 0 Å². The molecule has 1 rings (SSSR count). The van der Waals surface area contributed by atoms with Crippen molar-refractivity contribution in [3.05, 3.63) is 29.6 Å². The molecule has 8 heteroatoms. The maximum absolute atomic E-state index is 12.4. The van der Waals surface area contributed by atoms with Crippen LogP contribution in [-0.2, 0) is 17.5 Å². The van der Waals surface area contributed by atoms with Crippen LogP contribution < -0.4 is 5.43 Å². The van der Waals surface area contributed by atoms with E-state index >= 15 is 0 Å². The van der Waals surface area contributed by atoms with Gasteiger partial charge >= 0.3 is 12.3 Å². The van der Waals surface area contributed by atoms with E-state index in [0.717, 1.165) is 17.3 Å². The Balaban J connectivity index is 2.54. The van der Waals surface area contributed by atoms with Gasteiger partial charge in [0.05, 0.1) is 17.8 Å². The number of aromatic nitrogens is 1. The Labute approximate surface area is 121 Å². The number of rotatable bonds is 3. The number of hydrogen-bond acceptors (Lipinski definition) is 4. The predicted octanol–water partition coefficient (Wildman–Crippen LogP) is 2.97. The zero-order valence-electron chi connectivity index (χ0n) is 12.3. The van der Waals surface area contributed by atoms with E-state index in [1.54, 1.807) is 20.8 Å². The molecule has 0 unspecified atom stereocenters. The summed E-state index contributed by atoms with van der Waals surface area (Å²) in [5.41, 5.74) is 1.63. The van der Waals surface area contributed by atoms with Crippen LogP contribution >= 0.6 is 0 Å². The van der Waals surface area contributed by atoms with Crippen LogP contribution in [-0.4, -0.2) is 28.7 Å². The maximum atomic E-state index is 12.4. The monoisotopic (exact) mass is 305 g/mol. The molecule has 118 valence electrons. The average Bonchev–Trinajstić information content (AvgIpc) is 2.33. The summed E-state index contributed by atoms with van der Waals surface area (Å²) in [7, 11) is 1.46. The molecule has 0 aliphatic rings. The van der Waals surface area contributed by atoms with Crippen molar-refractivity contribution in [2.24, 2.45) is 0 Å². The van der Waals surface area contributed by atoms with Crippen molar-refractivity contribution in [2.45, 2.75) is 39.1 Å². The lowest BCUT2D eigenvalue weighted by atomic mass is 10.2. The lowest BCUT2D eigenvalue weighted by molar-refractivity contribution is -0.137. The quantitative estimate of drug-likeness (QED) is 0.872. The van der Waals surface area contributed by atoms with Crippen LogP contribution in [0.4, 0.5) is 18.0 Å². The molecule has 1 N–H and O–H groups in total. The summed E-state index contributed by atoms with van der Waals surface area (Å²) < 4.78 is 42.2. The van der Waals surface area contributed by atoms with E-state index in [1.807, 2.05) is 0 Å². The number of carbonyl (C=O) groups excluding carboxylic acids is 1. The lowest BCUT2D eigenvalue weighted by Crippen LogP contribution is -2.42. The number of hydrogen-bond donors (Lipinski definition) is 1. The second-order valence-corrected chi connectivity index (χ2v) is 5.41. The molecule has 0 bridgehead atoms. The molecule has 1 heterocycles. The highest BCUT2D eigenvalue weighted by molar-refractivity contribution is 5.67. The maximum Gasteiger partial charge on any atom is 0.424 e. The van der Waals surface area contributed by atoms with Gasteiger partial charge in [-0.05, 0) is 32.9 Å². The number of nitrogens with one attached hydrogen (secondary N) is 1. The molecule has 0 radical (unpaired) electrons. The van der Waals surface area contributed by atoms with Crippen LogP contribution in [0, 0.1) is 0 Å². The largest absolute Gasteiger partial charge is 0.443 e. The van der Waals surface area contributed by atoms with Gasteiger partial charge in [-0.25, -0.2) is 15.2 Å². The summed E-state index contributed by atoms with van der Waals surface area (Å²) in [5, 5.41) is 1.12. The molecule has 21 heavy (non-hydrogen) atoms. The fraction of sp³-hybridized carbons (Fsp3) is 0.538. The van der Waals surface area contributed by atoms with Crippen LogP contribution in [0.25, 0.3) is 0 Å². The molecule has 0 atom stereocenters. The highest BCUT2D eigenvalue weighted by Gasteiger charge is 2.30. The molecule has 1 aromatic heterocycles. The number of amides is 1. The Morgan fingerprint density at radius 1 is 1.33 bits per heavy atom. The van der Waals surface area contributed by atoms with E-state index in [9.17, 15) is 18.0 Å². The zero-order valence-corrected chi connectivity index (χ0v) is 12.3. The van der Waals surface area contributed by atoms with Crippen molar-refractivity contribution in [2.75, 3.05) is 7.05 Å². The van der Waals surface area contributed by atoms with Crippen LogP contribution in [0.5, 0.6) is 0 Å². The SMILES string of the molecule is CN(NCc1ccc(C(F)(F)F)cn1)C(=O)OC(C)(C)C. The molecule has 0 aliphatic carbocycles. The first-order chi connectivity index (χ1) is 9.49. The van der Waals surface area contributed by atoms with E-state index in [2.05, 4.69) is 10.4 Å². The smallest absolute Gasteiger partial charge is 0.424 e. The van der Waals surface area contributed by atoms with Crippen molar-refractivity contribution < 1.29 is 22.7 Å². The minimum atomic E-state index is -4.41. The van der Waals surface area contributed by atoms with E-state index in [0.29, 0.717) is 5.69 Å². The van der Waals surface area contributed by atoms with Crippen LogP contribution in [0.1, 0.15) is 32.0 Å². The van der Waals surface area contributed by atoms with Gasteiger partial charge in [-0.1, -0.05) is 0 Å². The highest BCUT2D eigenvalue weighted by Crippen LogP contribution is 2.28. The second kappa shape index (κ2) is 6.30. The molecule has 0 saturated carbocycles. The third kappa shape index (κ3) is 5.99. The summed E-state index contributed by atoms with van der Waals surface area (Å²) in [6.07, 6.45) is -4.24. The molecule has 0 aromatic carbocycles. The van der Waals surface area contributed by atoms with Gasteiger partial charge in [-0.15, -0.1) is 0 Å². The highest BCUT2D eigenvalue weighted by atomic mass is 19.4. The summed E-state index contributed by atoms with van der Waals surface area (Å²) >= 11 is 0. The minimum Gasteiger partial charge on any atom is -0.443 e. The van der Waals surface area contributed by atoms with E-state index < -0.39 is 23.4 Å². The Bertz CT molecular complexity index is 481. The topological polar surface area (TPSA) is 54.5 Å². The number of ether oxygens (including phenoxy) is 1. The number of halogens is 3. The lowest BCUT2D eigenvalue weighted by Gasteiger charge is -2.24. The summed E-state index contributed by atoms with van der Waals surface area (Å²) in [6, 6.07) is 2.19. The second-order valence-electron chi connectivity index (χ2n) is 5.41. The fourth-order valence-electron chi connectivity index (χ4n) is 1.29. The van der Waals surface area contributed by atoms with Gasteiger partial charge in [-0.3, -0.25) is 4.98 Å². The summed E-state index contributed by atoms with van der Waals surface area (Å²) in [5.74, 6) is 0. The number of nitrogens with zero attached hydrogens (tertiary/aromatic N) is 2. The summed E-state index contributed by atoms with van der Waals surface area (Å²) in [4.78, 5) is 15.3. The molecule has 0 saturated heterocycles. The number of carbonyl (C=O) groups is 1. The van der Waals surface area contributed by atoms with Gasteiger partial charge in [0.25, 0.3) is 0 Å². The number of hydrazine groups is 1. The Morgan fingerprint density at radius 3 is 2.38 bits per heavy atom. The van der Waals surface area contributed by atoms with Gasteiger partial charge in [0.2, 0.25) is 0 Å². The van der Waals surface area contributed by atoms with E-state index in [4.69, 9.17) is 4.74 Å². The van der Waals surface area contributed by atoms with Crippen molar-refractivity contribution in [3.63, 3.8) is 0 Å². The summed E-state index contributed by atoms with van der Waals surface area (Å²) in [6.45, 7) is 5.30. The van der Waals surface area contributed by atoms with Crippen molar-refractivity contribution in [1.29, 1.82) is 0 Å². The number of alkyl halides is 3. The molecule has 0 spiro atoms. The molecule has 0 fully saturated rings. The first-order valence-corrected chi connectivity index (χ1v) is 6.21. The van der Waals surface area contributed by atoms with Crippen molar-refractivity contribution in [1.82, 2.24) is 15.4 Å². The van der Waals surface area contributed by atoms with E-state index in [-0.39, 0.29) is 6.54 Å². The van der Waals surface area contributed by atoms with Gasteiger partial charge in [0.15, 0.2) is 0 Å². The zero-order chi connectivity index (χ0) is 16.3. The molecule has 5 nitrogen and oxygen atoms in total.